The van der Waals surface area contributed by atoms with E-state index < -0.39 is 11.8 Å². The number of aromatic nitrogens is 1. The van der Waals surface area contributed by atoms with Crippen molar-refractivity contribution in [3.8, 4) is 0 Å². The molecule has 1 radical (unpaired) electrons. The quantitative estimate of drug-likeness (QED) is 0.570. The molecular weight excluding hydrogens is 362 g/mol. The van der Waals surface area contributed by atoms with Gasteiger partial charge in [-0.2, -0.15) is 0 Å². The van der Waals surface area contributed by atoms with Gasteiger partial charge in [-0.05, 0) is 42.0 Å². The topological polar surface area (TPSA) is 91.1 Å². The van der Waals surface area contributed by atoms with Gasteiger partial charge in [0.2, 0.25) is 11.8 Å². The highest BCUT2D eigenvalue weighted by molar-refractivity contribution is 6.36. The zero-order valence-electron chi connectivity index (χ0n) is 14.2. The third kappa shape index (κ3) is 2.82. The number of carbonyl (C=O) groups excluding carboxylic acids is 2. The zero-order valence-corrected chi connectivity index (χ0v) is 15.0. The van der Waals surface area contributed by atoms with Gasteiger partial charge in [-0.15, -0.1) is 0 Å². The van der Waals surface area contributed by atoms with Gasteiger partial charge in [0.05, 0.1) is 16.1 Å². The predicted octanol–water partition coefficient (Wildman–Crippen LogP) is 3.49. The van der Waals surface area contributed by atoms with Crippen molar-refractivity contribution in [1.29, 1.82) is 0 Å². The molecule has 0 aliphatic carbocycles. The van der Waals surface area contributed by atoms with Gasteiger partial charge in [-0.1, -0.05) is 35.9 Å². The second-order valence-electron chi connectivity index (χ2n) is 6.26. The summed E-state index contributed by atoms with van der Waals surface area (Å²) in [6, 6.07) is 19.1. The lowest BCUT2D eigenvalue weighted by molar-refractivity contribution is 0.0992. The molecule has 0 atom stereocenters. The average molecular weight is 377 g/mol. The van der Waals surface area contributed by atoms with Crippen LogP contribution in [-0.2, 0) is 6.54 Å². The van der Waals surface area contributed by atoms with Crippen LogP contribution in [0.4, 0.5) is 0 Å². The molecule has 27 heavy (non-hydrogen) atoms. The van der Waals surface area contributed by atoms with Crippen LogP contribution in [0.15, 0.2) is 54.6 Å². The van der Waals surface area contributed by atoms with Crippen molar-refractivity contribution < 1.29 is 9.59 Å². The number of amides is 2. The lowest BCUT2D eigenvalue weighted by atomic mass is 10.1. The summed E-state index contributed by atoms with van der Waals surface area (Å²) in [4.78, 5) is 23.4. The Morgan fingerprint density at radius 2 is 1.81 bits per heavy atom. The van der Waals surface area contributed by atoms with Crippen LogP contribution < -0.4 is 11.5 Å². The van der Waals surface area contributed by atoms with Gasteiger partial charge in [0.15, 0.2) is 0 Å². The number of nitrogens with two attached hydrogens (primary N) is 2. The number of halogens is 1. The Kier molecular flexibility index (Phi) is 4.09. The molecule has 4 N–H and O–H groups in total. The van der Waals surface area contributed by atoms with Gasteiger partial charge in [0, 0.05) is 28.4 Å². The van der Waals surface area contributed by atoms with Gasteiger partial charge in [-0.25, -0.2) is 0 Å². The molecule has 2 amide bonds. The summed E-state index contributed by atoms with van der Waals surface area (Å²) >= 11 is 6.48. The minimum atomic E-state index is -0.510. The Morgan fingerprint density at radius 3 is 2.56 bits per heavy atom. The highest BCUT2D eigenvalue weighted by Gasteiger charge is 2.18. The smallest absolute Gasteiger partial charge is 0.249 e. The normalized spacial score (nSPS) is 11.1. The fraction of sp³-hybridized carbons (Fsp3) is 0.0476. The largest absolute Gasteiger partial charge is 0.366 e. The van der Waals surface area contributed by atoms with Crippen molar-refractivity contribution in [3.05, 3.63) is 82.4 Å². The fourth-order valence-corrected chi connectivity index (χ4v) is 3.70. The Bertz CT molecular complexity index is 1230. The van der Waals surface area contributed by atoms with Crippen molar-refractivity contribution in [2.75, 3.05) is 0 Å². The Balaban J connectivity index is 2.02. The number of hydrogen-bond donors (Lipinski definition) is 2. The van der Waals surface area contributed by atoms with Gasteiger partial charge in [0.1, 0.15) is 0 Å². The van der Waals surface area contributed by atoms with Crippen LogP contribution in [0.5, 0.6) is 0 Å². The van der Waals surface area contributed by atoms with E-state index in [4.69, 9.17) is 23.1 Å². The predicted molar refractivity (Wildman–Crippen MR) is 106 cm³/mol. The number of fused-ring (bicyclic) bond motifs is 3. The number of rotatable bonds is 4. The second kappa shape index (κ2) is 6.45. The molecule has 4 rings (SSSR count). The molecule has 0 saturated carbocycles. The first kappa shape index (κ1) is 17.1. The van der Waals surface area contributed by atoms with Crippen molar-refractivity contribution >= 4 is 45.2 Å². The van der Waals surface area contributed by atoms with E-state index in [0.29, 0.717) is 28.1 Å². The van der Waals surface area contributed by atoms with E-state index in [-0.39, 0.29) is 0 Å². The van der Waals surface area contributed by atoms with Crippen LogP contribution in [0, 0.1) is 6.07 Å². The number of benzene rings is 3. The maximum absolute atomic E-state index is 11.9. The molecule has 0 fully saturated rings. The van der Waals surface area contributed by atoms with Crippen LogP contribution in [-0.4, -0.2) is 16.4 Å². The van der Waals surface area contributed by atoms with Gasteiger partial charge >= 0.3 is 0 Å². The lowest BCUT2D eigenvalue weighted by Gasteiger charge is -2.10. The lowest BCUT2D eigenvalue weighted by Crippen LogP contribution is -2.12. The molecule has 133 valence electrons. The van der Waals surface area contributed by atoms with Crippen LogP contribution in [0.1, 0.15) is 26.3 Å². The molecule has 0 aliphatic rings. The summed E-state index contributed by atoms with van der Waals surface area (Å²) < 4.78 is 2.00. The number of nitrogens with zero attached hydrogens (tertiary/aromatic N) is 1. The minimum Gasteiger partial charge on any atom is -0.366 e. The van der Waals surface area contributed by atoms with Crippen LogP contribution >= 0.6 is 11.6 Å². The van der Waals surface area contributed by atoms with Crippen molar-refractivity contribution in [3.63, 3.8) is 0 Å². The van der Waals surface area contributed by atoms with E-state index in [1.54, 1.807) is 42.5 Å². The van der Waals surface area contributed by atoms with Crippen molar-refractivity contribution in [1.82, 2.24) is 4.57 Å². The van der Waals surface area contributed by atoms with Crippen LogP contribution in [0.2, 0.25) is 5.02 Å². The first-order chi connectivity index (χ1) is 13.0. The first-order valence-corrected chi connectivity index (χ1v) is 8.65. The molecule has 1 heterocycles. The van der Waals surface area contributed by atoms with Crippen LogP contribution in [0.3, 0.4) is 0 Å². The molecule has 4 aromatic rings. The highest BCUT2D eigenvalue weighted by Crippen LogP contribution is 2.35. The average Bonchev–Trinajstić information content (AvgIpc) is 2.97. The van der Waals surface area contributed by atoms with Crippen LogP contribution in [0.25, 0.3) is 21.8 Å². The van der Waals surface area contributed by atoms with E-state index in [2.05, 4.69) is 6.07 Å². The molecule has 6 heteroatoms. The molecule has 3 aromatic carbocycles. The Hall–Kier alpha value is -3.31. The molecule has 0 saturated heterocycles. The van der Waals surface area contributed by atoms with Crippen molar-refractivity contribution in [2.45, 2.75) is 6.54 Å². The van der Waals surface area contributed by atoms with E-state index in [9.17, 15) is 9.59 Å². The maximum Gasteiger partial charge on any atom is 0.249 e. The van der Waals surface area contributed by atoms with E-state index in [0.717, 1.165) is 22.0 Å². The zero-order chi connectivity index (χ0) is 19.1. The molecule has 0 unspecified atom stereocenters. The molecule has 1 aromatic heterocycles. The van der Waals surface area contributed by atoms with Gasteiger partial charge < -0.3 is 16.0 Å². The molecule has 0 spiro atoms. The second-order valence-corrected chi connectivity index (χ2v) is 6.67. The first-order valence-electron chi connectivity index (χ1n) is 8.27. The third-order valence-electron chi connectivity index (χ3n) is 4.59. The SMILES string of the molecule is NC(=O)c1cccc(Cn2c3cccc(C(N)=O)c3c3[c]ccc(Cl)c32)c1. The molecule has 5 nitrogen and oxygen atoms in total. The molecule has 0 aliphatic heterocycles. The summed E-state index contributed by atoms with van der Waals surface area (Å²) in [6.07, 6.45) is 0. The highest BCUT2D eigenvalue weighted by atomic mass is 35.5. The summed E-state index contributed by atoms with van der Waals surface area (Å²) in [5.41, 5.74) is 14.3. The van der Waals surface area contributed by atoms with E-state index in [1.807, 2.05) is 16.7 Å². The minimum absolute atomic E-state index is 0.417. The Morgan fingerprint density at radius 1 is 1.04 bits per heavy atom. The summed E-state index contributed by atoms with van der Waals surface area (Å²) in [5.74, 6) is -0.995. The maximum atomic E-state index is 11.9. The standard InChI is InChI=1S/C21H15ClN3O2/c22-16-8-2-6-14-18-15(21(24)27)7-3-9-17(18)25(19(14)16)11-12-4-1-5-13(10-12)20(23)26/h1-5,7-10H,11H2,(H2,23,26)(H2,24,27). The molecular formula is C21H15ClN3O2. The van der Waals surface area contributed by atoms with Gasteiger partial charge in [-0.3, -0.25) is 9.59 Å². The van der Waals surface area contributed by atoms with E-state index in [1.165, 1.54) is 0 Å². The summed E-state index contributed by atoms with van der Waals surface area (Å²) in [7, 11) is 0. The van der Waals surface area contributed by atoms with E-state index >= 15 is 0 Å². The third-order valence-corrected chi connectivity index (χ3v) is 4.90. The monoisotopic (exact) mass is 376 g/mol. The van der Waals surface area contributed by atoms with Crippen molar-refractivity contribution in [2.24, 2.45) is 11.5 Å². The summed E-state index contributed by atoms with van der Waals surface area (Å²) in [6.45, 7) is 0.445. The Labute approximate surface area is 160 Å². The number of hydrogen-bond acceptors (Lipinski definition) is 2. The number of primary amides is 2. The fourth-order valence-electron chi connectivity index (χ4n) is 3.44. The number of carbonyl (C=O) groups is 2. The summed E-state index contributed by atoms with van der Waals surface area (Å²) in [5, 5.41) is 1.99. The van der Waals surface area contributed by atoms with Gasteiger partial charge in [0.25, 0.3) is 0 Å². The molecule has 0 bridgehead atoms.